The van der Waals surface area contributed by atoms with Gasteiger partial charge in [0.25, 0.3) is 0 Å². The van der Waals surface area contributed by atoms with Crippen molar-refractivity contribution in [3.05, 3.63) is 28.2 Å². The highest BCUT2D eigenvalue weighted by molar-refractivity contribution is 14.0. The van der Waals surface area contributed by atoms with Crippen molar-refractivity contribution in [3.8, 4) is 5.75 Å². The van der Waals surface area contributed by atoms with Gasteiger partial charge in [-0.25, -0.2) is 4.99 Å². The van der Waals surface area contributed by atoms with E-state index in [-0.39, 0.29) is 24.0 Å². The van der Waals surface area contributed by atoms with Gasteiger partial charge in [-0.3, -0.25) is 0 Å². The summed E-state index contributed by atoms with van der Waals surface area (Å²) in [6.45, 7) is 6.55. The fourth-order valence-corrected chi connectivity index (χ4v) is 2.03. The fourth-order valence-electron chi connectivity index (χ4n) is 1.62. The van der Waals surface area contributed by atoms with Crippen molar-refractivity contribution in [2.75, 3.05) is 20.2 Å². The molecule has 0 saturated carbocycles. The molecule has 0 aromatic heterocycles. The number of methoxy groups -OCH3 is 1. The maximum absolute atomic E-state index is 5.34. The van der Waals surface area contributed by atoms with Crippen molar-refractivity contribution < 1.29 is 4.74 Å². The molecule has 1 aromatic rings. The molecule has 0 aliphatic carbocycles. The number of aliphatic imine (C=N–C) groups is 1. The number of ether oxygens (including phenoxy) is 1. The highest BCUT2D eigenvalue weighted by atomic mass is 127. The molecule has 0 aliphatic rings. The molecule has 0 atom stereocenters. The van der Waals surface area contributed by atoms with Gasteiger partial charge >= 0.3 is 0 Å². The molecule has 0 fully saturated rings. The quantitative estimate of drug-likeness (QED) is 0.391. The van der Waals surface area contributed by atoms with Gasteiger partial charge in [0.15, 0.2) is 5.96 Å². The van der Waals surface area contributed by atoms with E-state index in [1.807, 2.05) is 18.2 Å². The Morgan fingerprint density at radius 3 is 2.65 bits per heavy atom. The van der Waals surface area contributed by atoms with Gasteiger partial charge in [0.1, 0.15) is 5.75 Å². The normalized spacial score (nSPS) is 10.7. The minimum absolute atomic E-state index is 0. The molecule has 4 nitrogen and oxygen atoms in total. The molecule has 0 heterocycles. The van der Waals surface area contributed by atoms with Gasteiger partial charge in [-0.1, -0.05) is 22.9 Å². The van der Waals surface area contributed by atoms with Crippen LogP contribution in [0, 0.1) is 0 Å². The van der Waals surface area contributed by atoms with E-state index >= 15 is 0 Å². The molecule has 114 valence electrons. The van der Waals surface area contributed by atoms with Crippen LogP contribution in [0.5, 0.6) is 5.75 Å². The van der Waals surface area contributed by atoms with Crippen LogP contribution >= 0.6 is 39.9 Å². The highest BCUT2D eigenvalue weighted by Gasteiger charge is 2.04. The Kier molecular flexibility index (Phi) is 10.9. The summed E-state index contributed by atoms with van der Waals surface area (Å²) >= 11 is 3.47. The standard InChI is InChI=1S/C14H22BrN3O.HI/c1-4-8-17-14(16-5-2)18-10-11-9-12(15)6-7-13(11)19-3;/h6-7,9H,4-5,8,10H2,1-3H3,(H2,16,17,18);1H. The SMILES string of the molecule is CCCNC(=NCc1cc(Br)ccc1OC)NCC.I. The van der Waals surface area contributed by atoms with Crippen LogP contribution in [0.3, 0.4) is 0 Å². The third-order valence-corrected chi connectivity index (χ3v) is 3.03. The zero-order valence-electron chi connectivity index (χ0n) is 12.2. The van der Waals surface area contributed by atoms with Crippen molar-refractivity contribution in [1.82, 2.24) is 10.6 Å². The lowest BCUT2D eigenvalue weighted by atomic mass is 10.2. The molecule has 1 rings (SSSR count). The maximum Gasteiger partial charge on any atom is 0.191 e. The number of nitrogens with one attached hydrogen (secondary N) is 2. The van der Waals surface area contributed by atoms with E-state index < -0.39 is 0 Å². The molecule has 0 aliphatic heterocycles. The summed E-state index contributed by atoms with van der Waals surface area (Å²) in [7, 11) is 1.68. The summed E-state index contributed by atoms with van der Waals surface area (Å²) in [5.41, 5.74) is 1.06. The van der Waals surface area contributed by atoms with Crippen LogP contribution in [0.25, 0.3) is 0 Å². The van der Waals surface area contributed by atoms with Gasteiger partial charge in [-0.15, -0.1) is 24.0 Å². The molecule has 2 N–H and O–H groups in total. The third kappa shape index (κ3) is 6.78. The van der Waals surface area contributed by atoms with Gasteiger partial charge in [-0.05, 0) is 31.5 Å². The summed E-state index contributed by atoms with van der Waals surface area (Å²) in [6, 6.07) is 5.94. The Morgan fingerprint density at radius 2 is 2.05 bits per heavy atom. The monoisotopic (exact) mass is 455 g/mol. The predicted octanol–water partition coefficient (Wildman–Crippen LogP) is 3.54. The molecule has 0 spiro atoms. The van der Waals surface area contributed by atoms with E-state index in [1.165, 1.54) is 0 Å². The zero-order valence-corrected chi connectivity index (χ0v) is 16.1. The second-order valence-electron chi connectivity index (χ2n) is 4.08. The second kappa shape index (κ2) is 11.2. The molecule has 0 unspecified atom stereocenters. The average molecular weight is 456 g/mol. The Hall–Kier alpha value is -0.500. The summed E-state index contributed by atoms with van der Waals surface area (Å²) in [4.78, 5) is 4.56. The first-order valence-electron chi connectivity index (χ1n) is 6.55. The van der Waals surface area contributed by atoms with E-state index in [0.717, 1.165) is 41.3 Å². The van der Waals surface area contributed by atoms with Gasteiger partial charge in [0.2, 0.25) is 0 Å². The molecule has 0 radical (unpaired) electrons. The molecule has 1 aromatic carbocycles. The summed E-state index contributed by atoms with van der Waals surface area (Å²) in [5.74, 6) is 1.70. The van der Waals surface area contributed by atoms with Gasteiger partial charge in [-0.2, -0.15) is 0 Å². The molecule has 6 heteroatoms. The van der Waals surface area contributed by atoms with E-state index in [1.54, 1.807) is 7.11 Å². The highest BCUT2D eigenvalue weighted by Crippen LogP contribution is 2.23. The summed E-state index contributed by atoms with van der Waals surface area (Å²) in [5, 5.41) is 6.51. The fraction of sp³-hybridized carbons (Fsp3) is 0.500. The maximum atomic E-state index is 5.34. The summed E-state index contributed by atoms with van der Waals surface area (Å²) in [6.07, 6.45) is 1.07. The van der Waals surface area contributed by atoms with E-state index in [4.69, 9.17) is 4.74 Å². The second-order valence-corrected chi connectivity index (χ2v) is 4.99. The zero-order chi connectivity index (χ0) is 14.1. The van der Waals surface area contributed by atoms with Crippen molar-refractivity contribution in [2.24, 2.45) is 4.99 Å². The van der Waals surface area contributed by atoms with E-state index in [0.29, 0.717) is 6.54 Å². The molecular formula is C14H23BrIN3O. The number of halogens is 2. The Bertz CT molecular complexity index is 427. The lowest BCUT2D eigenvalue weighted by Gasteiger charge is -2.11. The van der Waals surface area contributed by atoms with Crippen LogP contribution < -0.4 is 15.4 Å². The van der Waals surface area contributed by atoms with Crippen LogP contribution in [0.15, 0.2) is 27.7 Å². The minimum atomic E-state index is 0. The first-order chi connectivity index (χ1) is 9.21. The van der Waals surface area contributed by atoms with Gasteiger partial charge in [0.05, 0.1) is 13.7 Å². The molecule has 0 amide bonds. The van der Waals surface area contributed by atoms with Crippen molar-refractivity contribution in [2.45, 2.75) is 26.8 Å². The average Bonchev–Trinajstić information content (AvgIpc) is 2.42. The molecule has 0 bridgehead atoms. The van der Waals surface area contributed by atoms with Crippen LogP contribution in [0.1, 0.15) is 25.8 Å². The number of rotatable bonds is 6. The van der Waals surface area contributed by atoms with Crippen LogP contribution in [-0.4, -0.2) is 26.2 Å². The Morgan fingerprint density at radius 1 is 1.30 bits per heavy atom. The predicted molar refractivity (Wildman–Crippen MR) is 99.2 cm³/mol. The first-order valence-corrected chi connectivity index (χ1v) is 7.35. The Labute approximate surface area is 146 Å². The molecular weight excluding hydrogens is 433 g/mol. The molecule has 0 saturated heterocycles. The van der Waals surface area contributed by atoms with Gasteiger partial charge in [0, 0.05) is 23.1 Å². The number of guanidine groups is 1. The van der Waals surface area contributed by atoms with Gasteiger partial charge < -0.3 is 15.4 Å². The minimum Gasteiger partial charge on any atom is -0.496 e. The smallest absolute Gasteiger partial charge is 0.191 e. The number of benzene rings is 1. The van der Waals surface area contributed by atoms with E-state index in [9.17, 15) is 0 Å². The number of hydrogen-bond donors (Lipinski definition) is 2. The first kappa shape index (κ1) is 19.5. The number of hydrogen-bond acceptors (Lipinski definition) is 2. The van der Waals surface area contributed by atoms with Crippen LogP contribution in [0.4, 0.5) is 0 Å². The summed E-state index contributed by atoms with van der Waals surface area (Å²) < 4.78 is 6.38. The van der Waals surface area contributed by atoms with Crippen LogP contribution in [-0.2, 0) is 6.54 Å². The third-order valence-electron chi connectivity index (χ3n) is 2.54. The molecule has 20 heavy (non-hydrogen) atoms. The van der Waals surface area contributed by atoms with Crippen molar-refractivity contribution >= 4 is 45.9 Å². The topological polar surface area (TPSA) is 45.7 Å². The van der Waals surface area contributed by atoms with E-state index in [2.05, 4.69) is 45.4 Å². The number of nitrogens with zero attached hydrogens (tertiary/aromatic N) is 1. The van der Waals surface area contributed by atoms with Crippen LogP contribution in [0.2, 0.25) is 0 Å². The largest absolute Gasteiger partial charge is 0.496 e. The van der Waals surface area contributed by atoms with Crippen molar-refractivity contribution in [1.29, 1.82) is 0 Å². The lowest BCUT2D eigenvalue weighted by Crippen LogP contribution is -2.37. The Balaban J connectivity index is 0.00000361. The van der Waals surface area contributed by atoms with Crippen molar-refractivity contribution in [3.63, 3.8) is 0 Å². The lowest BCUT2D eigenvalue weighted by molar-refractivity contribution is 0.409.